The molecule has 2 amide bonds. The highest BCUT2D eigenvalue weighted by molar-refractivity contribution is 7.14. The molecule has 0 radical (unpaired) electrons. The smallest absolute Gasteiger partial charge is 0.349 e. The van der Waals surface area contributed by atoms with Crippen LogP contribution < -0.4 is 10.2 Å². The number of aryl methyl sites for hydroxylation is 2. The van der Waals surface area contributed by atoms with Gasteiger partial charge in [0.1, 0.15) is 11.4 Å². The topological polar surface area (TPSA) is 75.7 Å². The van der Waals surface area contributed by atoms with E-state index in [-0.39, 0.29) is 12.5 Å². The number of thiophene rings is 1. The van der Waals surface area contributed by atoms with Crippen molar-refractivity contribution in [3.63, 3.8) is 0 Å². The van der Waals surface area contributed by atoms with Crippen LogP contribution >= 0.6 is 11.3 Å². The van der Waals surface area contributed by atoms with Crippen LogP contribution in [0.5, 0.6) is 0 Å². The van der Waals surface area contributed by atoms with E-state index in [4.69, 9.17) is 4.74 Å². The van der Waals surface area contributed by atoms with E-state index in [9.17, 15) is 14.4 Å². The first-order valence-corrected chi connectivity index (χ1v) is 9.23. The van der Waals surface area contributed by atoms with Gasteiger partial charge in [0, 0.05) is 4.88 Å². The summed E-state index contributed by atoms with van der Waals surface area (Å²) < 4.78 is 5.36. The van der Waals surface area contributed by atoms with E-state index in [1.807, 2.05) is 19.9 Å². The molecule has 26 heavy (non-hydrogen) atoms. The molecule has 0 saturated heterocycles. The zero-order valence-corrected chi connectivity index (χ0v) is 15.7. The first-order valence-electron chi connectivity index (χ1n) is 8.41. The number of benzene rings is 1. The molecule has 1 aliphatic heterocycles. The molecule has 1 aliphatic rings. The molecule has 1 atom stereocenters. The van der Waals surface area contributed by atoms with Crippen molar-refractivity contribution in [1.82, 2.24) is 0 Å². The molecule has 1 aromatic carbocycles. The molecule has 0 saturated carbocycles. The number of carbonyl (C=O) groups is 3. The Morgan fingerprint density at radius 3 is 2.77 bits per heavy atom. The number of nitrogens with zero attached hydrogens (tertiary/aromatic N) is 1. The number of fused-ring (bicyclic) bond motifs is 1. The predicted octanol–water partition coefficient (Wildman–Crippen LogP) is 3.15. The van der Waals surface area contributed by atoms with E-state index in [0.29, 0.717) is 16.3 Å². The number of para-hydroxylation sites is 2. The van der Waals surface area contributed by atoms with Crippen molar-refractivity contribution in [3.05, 3.63) is 45.6 Å². The second kappa shape index (κ2) is 7.29. The van der Waals surface area contributed by atoms with Gasteiger partial charge in [0.25, 0.3) is 5.91 Å². The Hall–Kier alpha value is -2.67. The van der Waals surface area contributed by atoms with E-state index < -0.39 is 18.0 Å². The maximum Gasteiger partial charge on any atom is 0.349 e. The molecule has 6 nitrogen and oxygen atoms in total. The summed E-state index contributed by atoms with van der Waals surface area (Å²) in [6.07, 6.45) is -0.155. The molecule has 1 N–H and O–H groups in total. The Bertz CT molecular complexity index is 874. The van der Waals surface area contributed by atoms with Gasteiger partial charge < -0.3 is 10.1 Å². The zero-order valence-electron chi connectivity index (χ0n) is 14.9. The highest BCUT2D eigenvalue weighted by Gasteiger charge is 2.31. The second-order valence-corrected chi connectivity index (χ2v) is 7.34. The minimum Gasteiger partial charge on any atom is -0.448 e. The van der Waals surface area contributed by atoms with Gasteiger partial charge in [-0.2, -0.15) is 0 Å². The molecule has 0 spiro atoms. The van der Waals surface area contributed by atoms with Gasteiger partial charge in [-0.05, 0) is 44.0 Å². The van der Waals surface area contributed by atoms with Gasteiger partial charge in [-0.1, -0.05) is 19.1 Å². The Labute approximate surface area is 155 Å². The summed E-state index contributed by atoms with van der Waals surface area (Å²) in [6, 6.07) is 8.85. The Kier molecular flexibility index (Phi) is 5.08. The van der Waals surface area contributed by atoms with Crippen molar-refractivity contribution in [2.24, 2.45) is 0 Å². The highest BCUT2D eigenvalue weighted by Crippen LogP contribution is 2.30. The first kappa shape index (κ1) is 18.1. The van der Waals surface area contributed by atoms with Crippen LogP contribution in [-0.4, -0.2) is 30.4 Å². The minimum absolute atomic E-state index is 0.101. The molecular formula is C19H20N2O4S. The number of hydrogen-bond donors (Lipinski definition) is 1. The van der Waals surface area contributed by atoms with Crippen molar-refractivity contribution in [2.45, 2.75) is 33.3 Å². The molecule has 0 unspecified atom stereocenters. The highest BCUT2D eigenvalue weighted by atomic mass is 32.1. The van der Waals surface area contributed by atoms with Crippen LogP contribution in [0.4, 0.5) is 11.4 Å². The average Bonchev–Trinajstić information content (AvgIpc) is 3.01. The Morgan fingerprint density at radius 2 is 2.08 bits per heavy atom. The van der Waals surface area contributed by atoms with Crippen LogP contribution in [0.2, 0.25) is 0 Å². The number of esters is 1. The fourth-order valence-corrected chi connectivity index (χ4v) is 3.89. The fraction of sp³-hybridized carbons (Fsp3) is 0.316. The van der Waals surface area contributed by atoms with Crippen molar-refractivity contribution in [2.75, 3.05) is 16.8 Å². The van der Waals surface area contributed by atoms with Crippen LogP contribution in [0.1, 0.15) is 34.0 Å². The molecule has 7 heteroatoms. The van der Waals surface area contributed by atoms with Crippen LogP contribution in [0.15, 0.2) is 30.3 Å². The summed E-state index contributed by atoms with van der Waals surface area (Å²) in [7, 11) is 0. The monoisotopic (exact) mass is 372 g/mol. The Morgan fingerprint density at radius 1 is 1.35 bits per heavy atom. The van der Waals surface area contributed by atoms with Gasteiger partial charge in [-0.25, -0.2) is 4.79 Å². The van der Waals surface area contributed by atoms with E-state index in [1.165, 1.54) is 23.2 Å². The summed E-state index contributed by atoms with van der Waals surface area (Å²) in [5.41, 5.74) is 2.26. The maximum atomic E-state index is 12.8. The van der Waals surface area contributed by atoms with Crippen molar-refractivity contribution in [1.29, 1.82) is 0 Å². The molecule has 3 rings (SSSR count). The largest absolute Gasteiger partial charge is 0.448 e. The van der Waals surface area contributed by atoms with E-state index in [0.717, 1.165) is 16.9 Å². The van der Waals surface area contributed by atoms with Gasteiger partial charge in [0.15, 0.2) is 6.10 Å². The summed E-state index contributed by atoms with van der Waals surface area (Å²) in [6.45, 7) is 5.40. The van der Waals surface area contributed by atoms with Crippen LogP contribution in [0, 0.1) is 6.92 Å². The van der Waals surface area contributed by atoms with Gasteiger partial charge in [-0.3, -0.25) is 14.5 Å². The summed E-state index contributed by atoms with van der Waals surface area (Å²) in [5, 5.41) is 2.73. The molecule has 2 aromatic rings. The quantitative estimate of drug-likeness (QED) is 0.837. The maximum absolute atomic E-state index is 12.8. The predicted molar refractivity (Wildman–Crippen MR) is 101 cm³/mol. The average molecular weight is 372 g/mol. The lowest BCUT2D eigenvalue weighted by molar-refractivity contribution is -0.128. The number of amides is 2. The first-order chi connectivity index (χ1) is 12.4. The summed E-state index contributed by atoms with van der Waals surface area (Å²) in [4.78, 5) is 39.9. The number of carbonyl (C=O) groups excluding carboxylic acids is 3. The molecule has 0 aliphatic carbocycles. The third-order valence-corrected chi connectivity index (χ3v) is 5.34. The van der Waals surface area contributed by atoms with Crippen LogP contribution in [0.3, 0.4) is 0 Å². The van der Waals surface area contributed by atoms with Gasteiger partial charge in [0.05, 0.1) is 11.4 Å². The molecule has 0 fully saturated rings. The molecule has 0 bridgehead atoms. The third kappa shape index (κ3) is 3.48. The Balaban J connectivity index is 1.75. The number of nitrogens with one attached hydrogen (secondary N) is 1. The minimum atomic E-state index is -0.992. The van der Waals surface area contributed by atoms with Gasteiger partial charge in [0.2, 0.25) is 5.91 Å². The SMILES string of the molecule is CCc1cc(C(=O)O[C@H](C)C(=O)N2CC(=O)Nc3ccccc32)sc1C. The lowest BCUT2D eigenvalue weighted by Gasteiger charge is -2.30. The zero-order chi connectivity index (χ0) is 18.8. The third-order valence-electron chi connectivity index (χ3n) is 4.27. The molecule has 136 valence electrons. The second-order valence-electron chi connectivity index (χ2n) is 6.08. The van der Waals surface area contributed by atoms with Crippen molar-refractivity contribution < 1.29 is 19.1 Å². The summed E-state index contributed by atoms with van der Waals surface area (Å²) >= 11 is 1.36. The summed E-state index contributed by atoms with van der Waals surface area (Å²) in [5.74, 6) is -1.23. The molecule has 2 heterocycles. The normalized spacial score (nSPS) is 14.4. The number of rotatable bonds is 4. The lowest BCUT2D eigenvalue weighted by Crippen LogP contribution is -2.47. The van der Waals surface area contributed by atoms with Crippen molar-refractivity contribution >= 4 is 40.5 Å². The van der Waals surface area contributed by atoms with E-state index >= 15 is 0 Å². The molecule has 1 aromatic heterocycles. The number of anilines is 2. The number of ether oxygens (including phenoxy) is 1. The standard InChI is InChI=1S/C19H20N2O4S/c1-4-13-9-16(26-12(13)3)19(24)25-11(2)18(23)21-10-17(22)20-14-7-5-6-8-15(14)21/h5-9,11H,4,10H2,1-3H3,(H,20,22)/t11-/m1/s1. The lowest BCUT2D eigenvalue weighted by atomic mass is 10.1. The van der Waals surface area contributed by atoms with E-state index in [1.54, 1.807) is 24.3 Å². The van der Waals surface area contributed by atoms with Crippen molar-refractivity contribution in [3.8, 4) is 0 Å². The van der Waals surface area contributed by atoms with Gasteiger partial charge >= 0.3 is 5.97 Å². The van der Waals surface area contributed by atoms with E-state index in [2.05, 4.69) is 5.32 Å². The van der Waals surface area contributed by atoms with Crippen LogP contribution in [-0.2, 0) is 20.7 Å². The molecular weight excluding hydrogens is 352 g/mol. The fourth-order valence-electron chi connectivity index (χ4n) is 2.89. The van der Waals surface area contributed by atoms with Crippen LogP contribution in [0.25, 0.3) is 0 Å². The van der Waals surface area contributed by atoms with Gasteiger partial charge in [-0.15, -0.1) is 11.3 Å². The number of hydrogen-bond acceptors (Lipinski definition) is 5.